The summed E-state index contributed by atoms with van der Waals surface area (Å²) in [5.41, 5.74) is 5.51. The molecular formula is C25H27Cl2N3OS. The lowest BCUT2D eigenvalue weighted by molar-refractivity contribution is -0.115. The van der Waals surface area contributed by atoms with Crippen molar-refractivity contribution in [3.63, 3.8) is 0 Å². The van der Waals surface area contributed by atoms with Gasteiger partial charge >= 0.3 is 0 Å². The van der Waals surface area contributed by atoms with Crippen LogP contribution in [-0.4, -0.2) is 23.2 Å². The van der Waals surface area contributed by atoms with Gasteiger partial charge in [0.1, 0.15) is 0 Å². The second kappa shape index (κ2) is 8.77. The van der Waals surface area contributed by atoms with E-state index in [1.54, 1.807) is 18.2 Å². The highest BCUT2D eigenvalue weighted by molar-refractivity contribution is 8.18. The molecule has 1 N–H and O–H groups in total. The summed E-state index contributed by atoms with van der Waals surface area (Å²) in [5, 5.41) is 4.13. The number of fused-ring (bicyclic) bond motifs is 1. The van der Waals surface area contributed by atoms with Gasteiger partial charge < -0.3 is 10.2 Å². The molecule has 0 aromatic heterocycles. The number of amides is 1. The Bertz CT molecular complexity index is 1160. The lowest BCUT2D eigenvalue weighted by atomic mass is 9.79. The second-order valence-electron chi connectivity index (χ2n) is 8.98. The molecule has 32 heavy (non-hydrogen) atoms. The average Bonchev–Trinajstić information content (AvgIpc) is 3.05. The molecule has 0 radical (unpaired) electrons. The van der Waals surface area contributed by atoms with Crippen LogP contribution in [0.15, 0.2) is 40.2 Å². The number of carbonyl (C=O) groups is 1. The third kappa shape index (κ3) is 4.30. The molecule has 2 aliphatic heterocycles. The number of hydrogen-bond acceptors (Lipinski definition) is 4. The summed E-state index contributed by atoms with van der Waals surface area (Å²) in [6.07, 6.45) is 3.06. The highest BCUT2D eigenvalue weighted by atomic mass is 35.5. The zero-order valence-corrected chi connectivity index (χ0v) is 21.3. The van der Waals surface area contributed by atoms with Crippen molar-refractivity contribution in [3.8, 4) is 0 Å². The summed E-state index contributed by atoms with van der Waals surface area (Å²) in [6.45, 7) is 12.2. The van der Waals surface area contributed by atoms with Crippen LogP contribution in [-0.2, 0) is 4.79 Å². The summed E-state index contributed by atoms with van der Waals surface area (Å²) < 4.78 is 0. The minimum absolute atomic E-state index is 0.127. The van der Waals surface area contributed by atoms with E-state index in [2.05, 4.69) is 62.0 Å². The van der Waals surface area contributed by atoms with Gasteiger partial charge in [0.2, 0.25) is 0 Å². The van der Waals surface area contributed by atoms with E-state index in [0.29, 0.717) is 31.7 Å². The number of benzene rings is 2. The maximum absolute atomic E-state index is 12.6. The largest absolute Gasteiger partial charge is 0.366 e. The van der Waals surface area contributed by atoms with E-state index in [9.17, 15) is 4.79 Å². The van der Waals surface area contributed by atoms with E-state index in [1.807, 2.05) is 6.08 Å². The van der Waals surface area contributed by atoms with Crippen LogP contribution in [0.5, 0.6) is 0 Å². The van der Waals surface area contributed by atoms with Crippen molar-refractivity contribution in [1.82, 2.24) is 5.32 Å². The van der Waals surface area contributed by atoms with Crippen LogP contribution < -0.4 is 10.2 Å². The van der Waals surface area contributed by atoms with Gasteiger partial charge in [0.15, 0.2) is 5.17 Å². The minimum Gasteiger partial charge on any atom is -0.366 e. The van der Waals surface area contributed by atoms with Gasteiger partial charge in [0.05, 0.1) is 20.6 Å². The predicted octanol–water partition coefficient (Wildman–Crippen LogP) is 7.31. The molecule has 168 valence electrons. The van der Waals surface area contributed by atoms with E-state index >= 15 is 0 Å². The summed E-state index contributed by atoms with van der Waals surface area (Å²) in [6, 6.07) is 9.77. The van der Waals surface area contributed by atoms with Crippen LogP contribution in [0.4, 0.5) is 11.4 Å². The van der Waals surface area contributed by atoms with E-state index < -0.39 is 0 Å². The highest BCUT2D eigenvalue weighted by Crippen LogP contribution is 2.44. The van der Waals surface area contributed by atoms with Gasteiger partial charge in [-0.05, 0) is 98.8 Å². The molecule has 2 aliphatic rings. The van der Waals surface area contributed by atoms with Gasteiger partial charge in [-0.2, -0.15) is 0 Å². The van der Waals surface area contributed by atoms with E-state index in [4.69, 9.17) is 23.2 Å². The third-order valence-corrected chi connectivity index (χ3v) is 7.90. The number of rotatable bonds is 3. The topological polar surface area (TPSA) is 44.7 Å². The number of anilines is 1. The van der Waals surface area contributed by atoms with Crippen LogP contribution in [0, 0.1) is 6.92 Å². The molecule has 4 rings (SSSR count). The Morgan fingerprint density at radius 3 is 2.78 bits per heavy atom. The van der Waals surface area contributed by atoms with Crippen molar-refractivity contribution in [2.75, 3.05) is 11.4 Å². The van der Waals surface area contributed by atoms with Crippen molar-refractivity contribution < 1.29 is 4.79 Å². The molecule has 2 aromatic carbocycles. The average molecular weight is 488 g/mol. The number of nitrogens with zero attached hydrogens (tertiary/aromatic N) is 2. The van der Waals surface area contributed by atoms with Crippen molar-refractivity contribution in [2.24, 2.45) is 4.99 Å². The number of halogens is 2. The SMILES string of the molecule is CCN1c2cc(C)c(/C=C3\SC(=Nc4cccc(Cl)c4Cl)NC3=O)cc2C(C)CC1(C)C. The number of hydrogen-bond donors (Lipinski definition) is 1. The number of aryl methyl sites for hydroxylation is 1. The van der Waals surface area contributed by atoms with Gasteiger partial charge in [-0.15, -0.1) is 0 Å². The normalized spacial score (nSPS) is 22.4. The lowest BCUT2D eigenvalue weighted by Crippen LogP contribution is -2.48. The Hall–Kier alpha value is -1.95. The Morgan fingerprint density at radius 1 is 1.31 bits per heavy atom. The van der Waals surface area contributed by atoms with E-state index in [0.717, 1.165) is 24.1 Å². The molecule has 4 nitrogen and oxygen atoms in total. The van der Waals surface area contributed by atoms with E-state index in [-0.39, 0.29) is 11.4 Å². The lowest BCUT2D eigenvalue weighted by Gasteiger charge is -2.47. The Kier molecular flexibility index (Phi) is 6.36. The Morgan fingerprint density at radius 2 is 2.06 bits per heavy atom. The van der Waals surface area contributed by atoms with Crippen LogP contribution in [0.25, 0.3) is 6.08 Å². The van der Waals surface area contributed by atoms with Gasteiger partial charge in [-0.1, -0.05) is 36.2 Å². The molecule has 0 spiro atoms. The molecular weight excluding hydrogens is 461 g/mol. The quantitative estimate of drug-likeness (QED) is 0.461. The molecule has 7 heteroatoms. The molecule has 1 amide bonds. The van der Waals surface area contributed by atoms with E-state index in [1.165, 1.54) is 23.0 Å². The molecule has 1 atom stereocenters. The van der Waals surface area contributed by atoms with Crippen molar-refractivity contribution in [1.29, 1.82) is 0 Å². The smallest absolute Gasteiger partial charge is 0.264 e. The number of carbonyl (C=O) groups excluding carboxylic acids is 1. The first-order valence-corrected chi connectivity index (χ1v) is 12.3. The highest BCUT2D eigenvalue weighted by Gasteiger charge is 2.36. The number of amidine groups is 1. The van der Waals surface area contributed by atoms with Crippen molar-refractivity contribution in [2.45, 2.75) is 52.5 Å². The minimum atomic E-state index is -0.159. The predicted molar refractivity (Wildman–Crippen MR) is 139 cm³/mol. The monoisotopic (exact) mass is 487 g/mol. The fraction of sp³-hybridized carbons (Fsp3) is 0.360. The van der Waals surface area contributed by atoms with Gasteiger partial charge in [-0.25, -0.2) is 4.99 Å². The van der Waals surface area contributed by atoms with Gasteiger partial charge in [0.25, 0.3) is 5.91 Å². The molecule has 2 heterocycles. The van der Waals surface area contributed by atoms with Gasteiger partial charge in [0, 0.05) is 17.8 Å². The summed E-state index contributed by atoms with van der Waals surface area (Å²) in [7, 11) is 0. The van der Waals surface area contributed by atoms with Crippen LogP contribution in [0.3, 0.4) is 0 Å². The molecule has 1 fully saturated rings. The summed E-state index contributed by atoms with van der Waals surface area (Å²) in [5.74, 6) is 0.293. The first kappa shape index (κ1) is 23.2. The van der Waals surface area contributed by atoms with Crippen molar-refractivity contribution in [3.05, 3.63) is 62.0 Å². The maximum Gasteiger partial charge on any atom is 0.264 e. The number of nitrogens with one attached hydrogen (secondary N) is 1. The van der Waals surface area contributed by atoms with Crippen LogP contribution in [0.2, 0.25) is 10.0 Å². The fourth-order valence-electron chi connectivity index (χ4n) is 4.71. The Balaban J connectivity index is 1.68. The van der Waals surface area contributed by atoms with Crippen LogP contribution in [0.1, 0.15) is 56.7 Å². The number of aliphatic imine (C=N–C) groups is 1. The molecule has 1 saturated heterocycles. The van der Waals surface area contributed by atoms with Crippen molar-refractivity contribution >= 4 is 63.5 Å². The standard InChI is InChI=1S/C25H27Cl2N3OS/c1-6-30-20-10-14(2)16(11-17(20)15(3)13-25(30,4)5)12-21-23(31)29-24(32-21)28-19-9-7-8-18(26)22(19)27/h7-12,15H,6,13H2,1-5H3,(H,28,29,31)/b21-12-. The fourth-order valence-corrected chi connectivity index (χ4v) is 5.88. The van der Waals surface area contributed by atoms with Gasteiger partial charge in [-0.3, -0.25) is 4.79 Å². The summed E-state index contributed by atoms with van der Waals surface area (Å²) in [4.78, 5) is 20.2. The Labute approximate surface area is 204 Å². The first-order valence-electron chi connectivity index (χ1n) is 10.8. The molecule has 0 saturated carbocycles. The van der Waals surface area contributed by atoms with Crippen LogP contribution >= 0.6 is 35.0 Å². The molecule has 2 aromatic rings. The molecule has 1 unspecified atom stereocenters. The second-order valence-corrected chi connectivity index (χ2v) is 10.8. The molecule has 0 aliphatic carbocycles. The number of thioether (sulfide) groups is 1. The zero-order valence-electron chi connectivity index (χ0n) is 18.9. The zero-order chi connectivity index (χ0) is 23.2. The maximum atomic E-state index is 12.6. The third-order valence-electron chi connectivity index (χ3n) is 6.18. The molecule has 0 bridgehead atoms. The first-order chi connectivity index (χ1) is 15.1. The summed E-state index contributed by atoms with van der Waals surface area (Å²) >= 11 is 13.6.